The maximum absolute atomic E-state index is 12.3. The molecule has 0 saturated heterocycles. The molecular formula is C16H15ClN6O2S. The maximum Gasteiger partial charge on any atom is 0.246 e. The van der Waals surface area contributed by atoms with Crippen molar-refractivity contribution in [2.24, 2.45) is 0 Å². The Hall–Kier alpha value is -2.78. The molecule has 0 fully saturated rings. The Balaban J connectivity index is 1.54. The Morgan fingerprint density at radius 2 is 2.12 bits per heavy atom. The molecule has 1 N–H and O–H groups in total. The molecule has 1 aromatic carbocycles. The van der Waals surface area contributed by atoms with Crippen LogP contribution in [0.2, 0.25) is 5.02 Å². The van der Waals surface area contributed by atoms with Crippen LogP contribution in [-0.2, 0) is 16.1 Å². The highest BCUT2D eigenvalue weighted by atomic mass is 35.5. The number of anilines is 1. The van der Waals surface area contributed by atoms with Crippen LogP contribution in [0.4, 0.5) is 5.69 Å². The molecule has 3 aromatic rings. The van der Waals surface area contributed by atoms with Crippen LogP contribution >= 0.6 is 22.9 Å². The summed E-state index contributed by atoms with van der Waals surface area (Å²) in [7, 11) is 1.53. The first-order valence-electron chi connectivity index (χ1n) is 7.61. The summed E-state index contributed by atoms with van der Waals surface area (Å²) < 4.78 is 0. The number of likely N-dealkylation sites (N-methyl/N-ethyl adjacent to an activating group) is 1. The third-order valence-electron chi connectivity index (χ3n) is 3.46. The number of rotatable bonds is 6. The Morgan fingerprint density at radius 3 is 2.85 bits per heavy atom. The van der Waals surface area contributed by atoms with Gasteiger partial charge in [0.15, 0.2) is 0 Å². The second-order valence-electron chi connectivity index (χ2n) is 5.43. The van der Waals surface area contributed by atoms with E-state index in [1.165, 1.54) is 28.1 Å². The zero-order chi connectivity index (χ0) is 18.5. The van der Waals surface area contributed by atoms with Gasteiger partial charge in [0.25, 0.3) is 0 Å². The number of thiophene rings is 1. The second kappa shape index (κ2) is 8.07. The first-order chi connectivity index (χ1) is 12.5. The minimum Gasteiger partial charge on any atom is -0.335 e. The van der Waals surface area contributed by atoms with E-state index in [1.807, 2.05) is 16.8 Å². The van der Waals surface area contributed by atoms with E-state index >= 15 is 0 Å². The fraction of sp³-hybridized carbons (Fsp3) is 0.188. The molecule has 0 spiro atoms. The normalized spacial score (nSPS) is 10.5. The molecule has 2 heterocycles. The number of benzene rings is 1. The minimum atomic E-state index is -0.348. The number of carbonyl (C=O) groups excluding carboxylic acids is 2. The summed E-state index contributed by atoms with van der Waals surface area (Å²) in [6.45, 7) is -0.219. The monoisotopic (exact) mass is 390 g/mol. The van der Waals surface area contributed by atoms with Crippen molar-refractivity contribution in [2.45, 2.75) is 6.54 Å². The molecule has 2 aromatic heterocycles. The number of nitrogens with one attached hydrogen (secondary N) is 1. The van der Waals surface area contributed by atoms with Crippen LogP contribution in [0, 0.1) is 0 Å². The van der Waals surface area contributed by atoms with Crippen LogP contribution in [0.1, 0.15) is 0 Å². The number of hydrogen-bond donors (Lipinski definition) is 1. The van der Waals surface area contributed by atoms with Gasteiger partial charge in [-0.2, -0.15) is 16.1 Å². The minimum absolute atomic E-state index is 0.104. The zero-order valence-corrected chi connectivity index (χ0v) is 15.4. The van der Waals surface area contributed by atoms with Crippen molar-refractivity contribution >= 4 is 40.4 Å². The molecule has 0 aliphatic carbocycles. The summed E-state index contributed by atoms with van der Waals surface area (Å²) in [5.74, 6) is -0.203. The summed E-state index contributed by atoms with van der Waals surface area (Å²) in [5, 5.41) is 18.9. The van der Waals surface area contributed by atoms with Crippen molar-refractivity contribution in [1.29, 1.82) is 0 Å². The molecule has 134 valence electrons. The largest absolute Gasteiger partial charge is 0.335 e. The second-order valence-corrected chi connectivity index (χ2v) is 6.62. The molecule has 0 atom stereocenters. The lowest BCUT2D eigenvalue weighted by atomic mass is 10.3. The maximum atomic E-state index is 12.3. The fourth-order valence-corrected chi connectivity index (χ4v) is 2.93. The van der Waals surface area contributed by atoms with E-state index in [0.717, 1.165) is 5.56 Å². The van der Waals surface area contributed by atoms with Crippen molar-refractivity contribution in [2.75, 3.05) is 18.9 Å². The van der Waals surface area contributed by atoms with E-state index < -0.39 is 0 Å². The fourth-order valence-electron chi connectivity index (χ4n) is 2.12. The summed E-state index contributed by atoms with van der Waals surface area (Å²) >= 11 is 7.52. The van der Waals surface area contributed by atoms with Gasteiger partial charge in [-0.25, -0.2) is 0 Å². The Kier molecular flexibility index (Phi) is 5.59. The zero-order valence-electron chi connectivity index (χ0n) is 13.8. The number of tetrazole rings is 1. The predicted molar refractivity (Wildman–Crippen MR) is 98.8 cm³/mol. The molecule has 0 saturated carbocycles. The molecule has 0 bridgehead atoms. The van der Waals surface area contributed by atoms with Gasteiger partial charge in [-0.3, -0.25) is 9.59 Å². The number of carbonyl (C=O) groups is 2. The highest BCUT2D eigenvalue weighted by molar-refractivity contribution is 7.08. The van der Waals surface area contributed by atoms with E-state index in [9.17, 15) is 9.59 Å². The predicted octanol–water partition coefficient (Wildman–Crippen LogP) is 2.15. The van der Waals surface area contributed by atoms with Crippen molar-refractivity contribution in [3.63, 3.8) is 0 Å². The molecule has 3 rings (SSSR count). The van der Waals surface area contributed by atoms with Gasteiger partial charge in [-0.15, -0.1) is 10.2 Å². The molecular weight excluding hydrogens is 376 g/mol. The third kappa shape index (κ3) is 4.44. The summed E-state index contributed by atoms with van der Waals surface area (Å²) in [6, 6.07) is 8.76. The van der Waals surface area contributed by atoms with Crippen LogP contribution in [0.5, 0.6) is 0 Å². The van der Waals surface area contributed by atoms with Crippen molar-refractivity contribution in [3.05, 3.63) is 46.1 Å². The topological polar surface area (TPSA) is 93.0 Å². The number of hydrogen-bond acceptors (Lipinski definition) is 6. The highest BCUT2D eigenvalue weighted by Crippen LogP contribution is 2.20. The van der Waals surface area contributed by atoms with Gasteiger partial charge >= 0.3 is 0 Å². The lowest BCUT2D eigenvalue weighted by molar-refractivity contribution is -0.134. The van der Waals surface area contributed by atoms with E-state index in [4.69, 9.17) is 11.6 Å². The van der Waals surface area contributed by atoms with Gasteiger partial charge in [0, 0.05) is 18.0 Å². The quantitative estimate of drug-likeness (QED) is 0.696. The lowest BCUT2D eigenvalue weighted by Crippen LogP contribution is -2.37. The van der Waals surface area contributed by atoms with E-state index in [2.05, 4.69) is 20.7 Å². The Bertz CT molecular complexity index is 911. The van der Waals surface area contributed by atoms with Gasteiger partial charge in [-0.05, 0) is 28.8 Å². The van der Waals surface area contributed by atoms with Crippen LogP contribution in [-0.4, -0.2) is 50.5 Å². The third-order valence-corrected chi connectivity index (χ3v) is 4.48. The number of halogens is 1. The van der Waals surface area contributed by atoms with Gasteiger partial charge in [-0.1, -0.05) is 23.7 Å². The van der Waals surface area contributed by atoms with Crippen LogP contribution < -0.4 is 5.32 Å². The van der Waals surface area contributed by atoms with Crippen molar-refractivity contribution in [3.8, 4) is 11.4 Å². The molecule has 0 unspecified atom stereocenters. The smallest absolute Gasteiger partial charge is 0.246 e. The molecule has 26 heavy (non-hydrogen) atoms. The summed E-state index contributed by atoms with van der Waals surface area (Å²) in [5.41, 5.74) is 1.35. The van der Waals surface area contributed by atoms with Gasteiger partial charge < -0.3 is 10.2 Å². The molecule has 2 amide bonds. The van der Waals surface area contributed by atoms with Crippen LogP contribution in [0.15, 0.2) is 41.1 Å². The summed E-state index contributed by atoms with van der Waals surface area (Å²) in [6.07, 6.45) is 0. The summed E-state index contributed by atoms with van der Waals surface area (Å²) in [4.78, 5) is 26.8. The standard InChI is InChI=1S/C16H15ClN6O2S/c1-22(8-14(24)18-13-5-3-2-4-12(13)17)15(25)9-23-20-16(19-21-23)11-6-7-26-10-11/h2-7,10H,8-9H2,1H3,(H,18,24). The van der Waals surface area contributed by atoms with Crippen LogP contribution in [0.3, 0.4) is 0 Å². The first-order valence-corrected chi connectivity index (χ1v) is 8.94. The number of nitrogens with zero attached hydrogens (tertiary/aromatic N) is 5. The number of aromatic nitrogens is 4. The highest BCUT2D eigenvalue weighted by Gasteiger charge is 2.16. The van der Waals surface area contributed by atoms with E-state index in [-0.39, 0.29) is 24.9 Å². The van der Waals surface area contributed by atoms with Crippen molar-refractivity contribution < 1.29 is 9.59 Å². The Labute approximate surface area is 158 Å². The number of amides is 2. The molecule has 0 radical (unpaired) electrons. The van der Waals surface area contributed by atoms with E-state index in [0.29, 0.717) is 16.5 Å². The molecule has 0 aliphatic rings. The van der Waals surface area contributed by atoms with E-state index in [1.54, 1.807) is 24.3 Å². The number of para-hydroxylation sites is 1. The molecule has 8 nitrogen and oxygen atoms in total. The van der Waals surface area contributed by atoms with Gasteiger partial charge in [0.05, 0.1) is 17.3 Å². The Morgan fingerprint density at radius 1 is 1.31 bits per heavy atom. The molecule has 10 heteroatoms. The average molecular weight is 391 g/mol. The first kappa shape index (κ1) is 18.0. The van der Waals surface area contributed by atoms with Gasteiger partial charge in [0.1, 0.15) is 6.54 Å². The van der Waals surface area contributed by atoms with Gasteiger partial charge in [0.2, 0.25) is 17.6 Å². The van der Waals surface area contributed by atoms with Crippen molar-refractivity contribution in [1.82, 2.24) is 25.1 Å². The molecule has 0 aliphatic heterocycles. The van der Waals surface area contributed by atoms with Crippen LogP contribution in [0.25, 0.3) is 11.4 Å². The average Bonchev–Trinajstić information content (AvgIpc) is 3.28. The lowest BCUT2D eigenvalue weighted by Gasteiger charge is -2.16. The SMILES string of the molecule is CN(CC(=O)Nc1ccccc1Cl)C(=O)Cn1nnc(-c2ccsc2)n1.